The van der Waals surface area contributed by atoms with Gasteiger partial charge in [0.05, 0.1) is 55.7 Å². The average molecular weight is 808 g/mol. The molecule has 0 saturated heterocycles. The van der Waals surface area contributed by atoms with Gasteiger partial charge in [-0.25, -0.2) is 9.97 Å². The minimum Gasteiger partial charge on any atom is -0.235 e. The van der Waals surface area contributed by atoms with Crippen LogP contribution in [-0.4, -0.2) is 9.97 Å². The van der Waals surface area contributed by atoms with E-state index in [2.05, 4.69) is 9.97 Å². The first kappa shape index (κ1) is 15.1. The van der Waals surface area contributed by atoms with Crippen LogP contribution in [0.4, 0.5) is 0 Å². The summed E-state index contributed by atoms with van der Waals surface area (Å²) in [5, 5.41) is -1.02. The quantitative estimate of drug-likeness (QED) is 0.173. The first-order valence-corrected chi connectivity index (χ1v) is 19.1. The van der Waals surface area contributed by atoms with Crippen molar-refractivity contribution in [3.8, 4) is 55.8 Å². The Labute approximate surface area is 381 Å². The van der Waals surface area contributed by atoms with Crippen LogP contribution >= 0.6 is 34.0 Å². The maximum absolute atomic E-state index is 9.73. The van der Waals surface area contributed by atoms with Crippen molar-refractivity contribution < 1.29 is 39.8 Å². The van der Waals surface area contributed by atoms with Crippen molar-refractivity contribution in [2.24, 2.45) is 0 Å². The van der Waals surface area contributed by atoms with Crippen molar-refractivity contribution in [1.82, 2.24) is 9.97 Å². The van der Waals surface area contributed by atoms with Gasteiger partial charge in [-0.3, -0.25) is 0 Å². The predicted molar refractivity (Wildman–Crippen MR) is 248 cm³/mol. The lowest BCUT2D eigenvalue weighted by atomic mass is 9.96. The van der Waals surface area contributed by atoms with Gasteiger partial charge in [0.2, 0.25) is 0 Å². The van der Waals surface area contributed by atoms with Gasteiger partial charge in [-0.1, -0.05) is 133 Å². The predicted octanol–water partition coefficient (Wildman–Crippen LogP) is 15.9. The lowest BCUT2D eigenvalue weighted by Gasteiger charge is -2.09. The molecular weight excluding hydrogens is 749 g/mol. The first-order valence-electron chi connectivity index (χ1n) is 31.2. The van der Waals surface area contributed by atoms with Crippen LogP contribution in [0.1, 0.15) is 39.8 Å². The molecule has 12 rings (SSSR count). The van der Waals surface area contributed by atoms with E-state index >= 15 is 0 Å². The van der Waals surface area contributed by atoms with E-state index in [1.165, 1.54) is 0 Å². The number of rotatable bonds is 5. The summed E-state index contributed by atoms with van der Waals surface area (Å²) in [6.45, 7) is 0. The van der Waals surface area contributed by atoms with E-state index in [-0.39, 0.29) is 66.3 Å². The molecule has 266 valence electrons. The summed E-state index contributed by atoms with van der Waals surface area (Å²) in [4.78, 5) is 8.75. The Kier molecular flexibility index (Phi) is 3.46. The Hall–Kier alpha value is -6.50. The number of aromatic nitrogens is 2. The van der Waals surface area contributed by atoms with Gasteiger partial charge in [0.1, 0.15) is 6.33 Å². The molecular formula is C52H30N2S3. The SMILES string of the molecule is [2H]c1c([2H])c(-c2c([2H])c([2H])c([2H])c(-c3c([2H])c([2H])c([2H])c4c3sc3c([2H])c([2H])c([2H])c([2H])c34)c2[2H])c([2H])c(-c2ncnc3c2sc2c([2H])c([2H])c(-c4c([2H])c([2H])c([2H])c(-c5c([2H])c([2H])c([2H])c6c5sc5c([2H])c([2H])c([2H])c([2H])c56)c4[2H])c([2H])c23)c1[2H]. The third-order valence-corrected chi connectivity index (χ3v) is 12.4. The van der Waals surface area contributed by atoms with Gasteiger partial charge in [-0.05, 0) is 86.8 Å². The molecule has 4 heterocycles. The minimum absolute atomic E-state index is 0.0787. The second-order valence-corrected chi connectivity index (χ2v) is 15.3. The molecule has 0 fully saturated rings. The molecule has 0 radical (unpaired) electrons. The summed E-state index contributed by atoms with van der Waals surface area (Å²) in [5.74, 6) is 0. The largest absolute Gasteiger partial charge is 0.235 e. The highest BCUT2D eigenvalue weighted by molar-refractivity contribution is 7.27. The number of thiophene rings is 3. The van der Waals surface area contributed by atoms with Gasteiger partial charge in [-0.2, -0.15) is 0 Å². The average Bonchev–Trinajstić information content (AvgIpc) is 1.43. The van der Waals surface area contributed by atoms with Crippen LogP contribution in [0, 0.1) is 0 Å². The van der Waals surface area contributed by atoms with Crippen LogP contribution in [0.3, 0.4) is 0 Å². The Bertz CT molecular complexity index is 5240. The van der Waals surface area contributed by atoms with Gasteiger partial charge in [-0.15, -0.1) is 34.0 Å². The maximum atomic E-state index is 9.73. The van der Waals surface area contributed by atoms with Crippen LogP contribution in [-0.2, 0) is 0 Å². The van der Waals surface area contributed by atoms with Crippen molar-refractivity contribution in [3.05, 3.63) is 182 Å². The van der Waals surface area contributed by atoms with Crippen molar-refractivity contribution in [3.63, 3.8) is 0 Å². The molecule has 0 N–H and O–H groups in total. The number of hydrogen-bond donors (Lipinski definition) is 0. The molecule has 0 amide bonds. The van der Waals surface area contributed by atoms with E-state index in [9.17, 15) is 11.0 Å². The molecule has 0 unspecified atom stereocenters. The summed E-state index contributed by atoms with van der Waals surface area (Å²) >= 11 is 2.04. The number of fused-ring (bicyclic) bond motifs is 9. The normalized spacial score (nSPS) is 19.0. The fourth-order valence-corrected chi connectivity index (χ4v) is 9.68. The Morgan fingerprint density at radius 3 is 1.40 bits per heavy atom. The molecule has 0 spiro atoms. The van der Waals surface area contributed by atoms with Crippen molar-refractivity contribution in [2.45, 2.75) is 0 Å². The topological polar surface area (TPSA) is 25.8 Å². The first-order chi connectivity index (χ1) is 40.3. The van der Waals surface area contributed by atoms with E-state index in [1.54, 1.807) is 0 Å². The van der Waals surface area contributed by atoms with Gasteiger partial charge in [0.25, 0.3) is 0 Å². The summed E-state index contributed by atoms with van der Waals surface area (Å²) in [6, 6.07) is -21.7. The summed E-state index contributed by atoms with van der Waals surface area (Å²) in [5.41, 5.74) is -5.89. The lowest BCUT2D eigenvalue weighted by Crippen LogP contribution is -1.88. The molecule has 0 aliphatic heterocycles. The fourth-order valence-electron chi connectivity index (χ4n) is 6.48. The van der Waals surface area contributed by atoms with Gasteiger partial charge < -0.3 is 0 Å². The Morgan fingerprint density at radius 2 is 0.789 bits per heavy atom. The fraction of sp³-hybridized carbons (Fsp3) is 0. The molecule has 0 atom stereocenters. The second-order valence-electron chi connectivity index (χ2n) is 12.2. The summed E-state index contributed by atoms with van der Waals surface area (Å²) in [7, 11) is 0. The highest BCUT2D eigenvalue weighted by atomic mass is 32.1. The monoisotopic (exact) mass is 807 g/mol. The van der Waals surface area contributed by atoms with E-state index < -0.39 is 225 Å². The molecule has 0 saturated carbocycles. The zero-order valence-corrected chi connectivity index (χ0v) is 30.6. The highest BCUT2D eigenvalue weighted by Crippen LogP contribution is 2.44. The third-order valence-electron chi connectivity index (χ3n) is 9.01. The van der Waals surface area contributed by atoms with Gasteiger partial charge in [0.15, 0.2) is 0 Å². The molecule has 0 aliphatic carbocycles. The summed E-state index contributed by atoms with van der Waals surface area (Å²) < 4.78 is 260. The smallest absolute Gasteiger partial charge is 0.116 e. The van der Waals surface area contributed by atoms with Gasteiger partial charge in [0, 0.05) is 56.0 Å². The zero-order chi connectivity index (χ0) is 62.7. The molecule has 0 aliphatic rings. The zero-order valence-electron chi connectivity index (χ0n) is 57.2. The van der Waals surface area contributed by atoms with Crippen molar-refractivity contribution >= 4 is 94.7 Å². The molecule has 2 nitrogen and oxygen atoms in total. The lowest BCUT2D eigenvalue weighted by molar-refractivity contribution is 1.24. The van der Waals surface area contributed by atoms with Crippen LogP contribution < -0.4 is 0 Å². The Morgan fingerprint density at radius 1 is 0.333 bits per heavy atom. The highest BCUT2D eigenvalue weighted by Gasteiger charge is 2.17. The van der Waals surface area contributed by atoms with Crippen LogP contribution in [0.15, 0.2) is 182 Å². The van der Waals surface area contributed by atoms with Crippen LogP contribution in [0.25, 0.3) is 116 Å². The molecule has 8 aromatic carbocycles. The van der Waals surface area contributed by atoms with E-state index in [4.69, 9.17) is 28.8 Å². The second kappa shape index (κ2) is 13.0. The molecule has 4 aromatic heterocycles. The molecule has 12 aromatic rings. The third kappa shape index (κ3) is 5.35. The molecule has 5 heteroatoms. The minimum atomic E-state index is -0.930. The Balaban J connectivity index is 1.10. The summed E-state index contributed by atoms with van der Waals surface area (Å²) in [6.07, 6.45) is 0.927. The number of nitrogens with zero attached hydrogens (tertiary/aromatic N) is 2. The van der Waals surface area contributed by atoms with Gasteiger partial charge >= 0.3 is 0 Å². The maximum Gasteiger partial charge on any atom is 0.116 e. The van der Waals surface area contributed by atoms with E-state index in [1.807, 2.05) is 0 Å². The number of hydrogen-bond acceptors (Lipinski definition) is 5. The van der Waals surface area contributed by atoms with Crippen molar-refractivity contribution in [1.29, 1.82) is 0 Å². The van der Waals surface area contributed by atoms with E-state index in [0.29, 0.717) is 34.0 Å². The van der Waals surface area contributed by atoms with E-state index in [0.717, 1.165) is 6.33 Å². The standard InChI is InChI=1S/C52H30N2S3/c1-3-22-45-40(16-1)42-20-8-18-38(50(42)55-45)35-13-5-10-31(26-35)33-12-7-15-37(28-33)48-52-49(54-30-53-48)44-29-34(24-25-47(44)57-52)32-11-6-14-36(27-32)39-19-9-21-43-41-17-2-4-23-46(41)56-51(39)43/h1-30H/i1D,2D,3D,4D,5D,6D,7D,8D,9D,10D,11D,12D,13D,14D,15D,16D,17D,18D,19D,20D,21D,22D,23D,24D,25D,26D,27D,28D,29D. The van der Waals surface area contributed by atoms with Crippen LogP contribution in [0.5, 0.6) is 0 Å². The number of benzene rings is 8. The van der Waals surface area contributed by atoms with Crippen molar-refractivity contribution in [2.75, 3.05) is 0 Å². The molecule has 0 bridgehead atoms. The molecule has 57 heavy (non-hydrogen) atoms. The van der Waals surface area contributed by atoms with Crippen LogP contribution in [0.2, 0.25) is 0 Å².